The topological polar surface area (TPSA) is 78.9 Å². The molecule has 0 aromatic heterocycles. The van der Waals surface area contributed by atoms with Gasteiger partial charge in [-0.3, -0.25) is 14.4 Å². The molecule has 0 radical (unpaired) electrons. The molecule has 0 spiro atoms. The van der Waals surface area contributed by atoms with Gasteiger partial charge in [0.05, 0.1) is 0 Å². The van der Waals surface area contributed by atoms with E-state index in [9.17, 15) is 14.4 Å². The van der Waals surface area contributed by atoms with Crippen molar-refractivity contribution in [1.29, 1.82) is 0 Å². The van der Waals surface area contributed by atoms with Gasteiger partial charge in [-0.2, -0.15) is 0 Å². The Balaban J connectivity index is 4.25. The normalized spacial score (nSPS) is 12.0. The van der Waals surface area contributed by atoms with Gasteiger partial charge in [0, 0.05) is 19.3 Å². The fraction of sp³-hybridized carbons (Fsp3) is 0.952. The number of hydrogen-bond donors (Lipinski definition) is 0. The Labute approximate surface area is 425 Å². The summed E-state index contributed by atoms with van der Waals surface area (Å²) in [6, 6.07) is 0. The molecule has 68 heavy (non-hydrogen) atoms. The molecule has 0 aromatic rings. The van der Waals surface area contributed by atoms with Crippen molar-refractivity contribution < 1.29 is 28.6 Å². The Morgan fingerprint density at radius 1 is 0.279 bits per heavy atom. The molecule has 6 heteroatoms. The monoisotopic (exact) mass is 961 g/mol. The van der Waals surface area contributed by atoms with Crippen molar-refractivity contribution in [1.82, 2.24) is 0 Å². The zero-order valence-electron chi connectivity index (χ0n) is 46.7. The first kappa shape index (κ1) is 66.4. The molecule has 0 bridgehead atoms. The third-order valence-corrected chi connectivity index (χ3v) is 14.2. The average Bonchev–Trinajstić information content (AvgIpc) is 3.31. The molecule has 0 amide bonds. The van der Waals surface area contributed by atoms with Gasteiger partial charge < -0.3 is 14.2 Å². The van der Waals surface area contributed by atoms with E-state index < -0.39 is 6.10 Å². The van der Waals surface area contributed by atoms with Crippen molar-refractivity contribution in [3.05, 3.63) is 0 Å². The highest BCUT2D eigenvalue weighted by molar-refractivity contribution is 5.71. The maximum Gasteiger partial charge on any atom is 0.306 e. The summed E-state index contributed by atoms with van der Waals surface area (Å²) >= 11 is 0. The Kier molecular flexibility index (Phi) is 53.5. The minimum absolute atomic E-state index is 0.0621. The minimum atomic E-state index is -0.763. The van der Waals surface area contributed by atoms with Gasteiger partial charge in [0.2, 0.25) is 0 Å². The molecule has 0 aliphatic rings. The molecule has 0 unspecified atom stereocenters. The molecule has 0 fully saturated rings. The number of ether oxygens (including phenoxy) is 3. The second kappa shape index (κ2) is 54.7. The Hall–Kier alpha value is -1.59. The summed E-state index contributed by atoms with van der Waals surface area (Å²) in [6.45, 7) is 11.4. The number of hydrogen-bond acceptors (Lipinski definition) is 6. The highest BCUT2D eigenvalue weighted by atomic mass is 16.6. The first-order valence-electron chi connectivity index (χ1n) is 30.7. The molecule has 0 aliphatic carbocycles. The summed E-state index contributed by atoms with van der Waals surface area (Å²) < 4.78 is 16.9. The predicted molar refractivity (Wildman–Crippen MR) is 293 cm³/mol. The Bertz CT molecular complexity index is 1040. The largest absolute Gasteiger partial charge is 0.462 e. The van der Waals surface area contributed by atoms with Crippen molar-refractivity contribution in [3.63, 3.8) is 0 Å². The van der Waals surface area contributed by atoms with Crippen molar-refractivity contribution in [2.45, 2.75) is 355 Å². The van der Waals surface area contributed by atoms with E-state index in [1.807, 2.05) is 0 Å². The van der Waals surface area contributed by atoms with E-state index in [1.54, 1.807) is 0 Å². The fourth-order valence-corrected chi connectivity index (χ4v) is 9.58. The minimum Gasteiger partial charge on any atom is -0.462 e. The fourth-order valence-electron chi connectivity index (χ4n) is 9.58. The van der Waals surface area contributed by atoms with Gasteiger partial charge in [-0.05, 0) is 31.1 Å². The number of unbranched alkanes of at least 4 members (excludes halogenated alkanes) is 41. The molecule has 0 aliphatic heterocycles. The summed E-state index contributed by atoms with van der Waals surface area (Å²) in [5.74, 6) is 0.868. The first-order chi connectivity index (χ1) is 33.2. The van der Waals surface area contributed by atoms with Gasteiger partial charge in [0.1, 0.15) is 13.2 Å². The molecule has 404 valence electrons. The van der Waals surface area contributed by atoms with Crippen LogP contribution in [0.25, 0.3) is 0 Å². The molecule has 0 heterocycles. The highest BCUT2D eigenvalue weighted by Crippen LogP contribution is 2.19. The maximum absolute atomic E-state index is 12.9. The summed E-state index contributed by atoms with van der Waals surface area (Å²) in [5, 5.41) is 0. The van der Waals surface area contributed by atoms with Crippen LogP contribution < -0.4 is 0 Å². The maximum atomic E-state index is 12.9. The van der Waals surface area contributed by atoms with Gasteiger partial charge in [-0.25, -0.2) is 0 Å². The smallest absolute Gasteiger partial charge is 0.306 e. The van der Waals surface area contributed by atoms with E-state index in [0.717, 1.165) is 69.6 Å². The van der Waals surface area contributed by atoms with Crippen molar-refractivity contribution in [2.75, 3.05) is 13.2 Å². The van der Waals surface area contributed by atoms with Crippen LogP contribution in [0.2, 0.25) is 0 Å². The SMILES string of the molecule is CCCCCCCCCCCCCCC(=O)OC[C@H](COC(=O)CCCCCCCCCCCCCCCCC(C)C)OC(=O)CCCCCCCCCCCCCCCCCCCCC(C)C. The van der Waals surface area contributed by atoms with Crippen LogP contribution in [0.1, 0.15) is 349 Å². The van der Waals surface area contributed by atoms with Crippen molar-refractivity contribution in [2.24, 2.45) is 11.8 Å². The number of carbonyl (C=O) groups excluding carboxylic acids is 3. The third kappa shape index (κ3) is 55.3. The lowest BCUT2D eigenvalue weighted by Gasteiger charge is -2.18. The third-order valence-electron chi connectivity index (χ3n) is 14.2. The van der Waals surface area contributed by atoms with Gasteiger partial charge in [-0.1, -0.05) is 311 Å². The Morgan fingerprint density at radius 3 is 0.721 bits per heavy atom. The van der Waals surface area contributed by atoms with Gasteiger partial charge in [-0.15, -0.1) is 0 Å². The van der Waals surface area contributed by atoms with E-state index in [-0.39, 0.29) is 31.1 Å². The first-order valence-corrected chi connectivity index (χ1v) is 30.7. The van der Waals surface area contributed by atoms with Crippen LogP contribution in [0.5, 0.6) is 0 Å². The molecule has 0 saturated heterocycles. The quantitative estimate of drug-likeness (QED) is 0.0343. The molecule has 0 rings (SSSR count). The van der Waals surface area contributed by atoms with E-state index in [1.165, 1.54) is 238 Å². The zero-order chi connectivity index (χ0) is 49.6. The molecule has 0 N–H and O–H groups in total. The van der Waals surface area contributed by atoms with Crippen LogP contribution >= 0.6 is 0 Å². The van der Waals surface area contributed by atoms with E-state index >= 15 is 0 Å². The van der Waals surface area contributed by atoms with Crippen LogP contribution in [0.4, 0.5) is 0 Å². The average molecular weight is 962 g/mol. The van der Waals surface area contributed by atoms with E-state index in [0.29, 0.717) is 19.3 Å². The van der Waals surface area contributed by atoms with Crippen LogP contribution in [0.15, 0.2) is 0 Å². The number of esters is 3. The molecular formula is C62H120O6. The number of carbonyl (C=O) groups is 3. The second-order valence-electron chi connectivity index (χ2n) is 22.3. The van der Waals surface area contributed by atoms with Crippen LogP contribution in [-0.2, 0) is 28.6 Å². The van der Waals surface area contributed by atoms with Gasteiger partial charge >= 0.3 is 17.9 Å². The van der Waals surface area contributed by atoms with Crippen LogP contribution in [0.3, 0.4) is 0 Å². The predicted octanol–water partition coefficient (Wildman–Crippen LogP) is 20.4. The summed E-state index contributed by atoms with van der Waals surface area (Å²) in [6.07, 6.45) is 59.6. The molecule has 0 aromatic carbocycles. The molecular weight excluding hydrogens is 841 g/mol. The van der Waals surface area contributed by atoms with Crippen molar-refractivity contribution in [3.8, 4) is 0 Å². The summed E-state index contributed by atoms with van der Waals surface area (Å²) in [7, 11) is 0. The lowest BCUT2D eigenvalue weighted by Crippen LogP contribution is -2.30. The highest BCUT2D eigenvalue weighted by Gasteiger charge is 2.19. The van der Waals surface area contributed by atoms with E-state index in [4.69, 9.17) is 14.2 Å². The summed E-state index contributed by atoms with van der Waals surface area (Å²) in [5.41, 5.74) is 0. The molecule has 0 saturated carbocycles. The molecule has 6 nitrogen and oxygen atoms in total. The summed E-state index contributed by atoms with van der Waals surface area (Å²) in [4.78, 5) is 38.2. The lowest BCUT2D eigenvalue weighted by molar-refractivity contribution is -0.167. The lowest BCUT2D eigenvalue weighted by atomic mass is 10.0. The van der Waals surface area contributed by atoms with Gasteiger partial charge in [0.15, 0.2) is 6.10 Å². The Morgan fingerprint density at radius 2 is 0.485 bits per heavy atom. The number of rotatable bonds is 56. The van der Waals surface area contributed by atoms with Crippen molar-refractivity contribution >= 4 is 17.9 Å². The van der Waals surface area contributed by atoms with Crippen LogP contribution in [0, 0.1) is 11.8 Å². The molecule has 1 atom stereocenters. The van der Waals surface area contributed by atoms with E-state index in [2.05, 4.69) is 34.6 Å². The standard InChI is InChI=1S/C62H120O6/c1-6-7-8-9-10-11-12-27-32-37-42-47-52-60(63)66-55-59(56-67-61(64)53-48-43-38-33-28-23-20-19-22-26-31-36-41-46-51-58(4)5)68-62(65)54-49-44-39-34-29-24-18-16-14-13-15-17-21-25-30-35-40-45-50-57(2)3/h57-59H,6-56H2,1-5H3/t59-/m1/s1. The van der Waals surface area contributed by atoms with Crippen LogP contribution in [-0.4, -0.2) is 37.2 Å². The zero-order valence-corrected chi connectivity index (χ0v) is 46.7. The second-order valence-corrected chi connectivity index (χ2v) is 22.3. The van der Waals surface area contributed by atoms with Gasteiger partial charge in [0.25, 0.3) is 0 Å².